The average molecular weight is 323 g/mol. The van der Waals surface area contributed by atoms with Crippen LogP contribution in [0.25, 0.3) is 5.69 Å². The molecular weight excluding hydrogens is 306 g/mol. The van der Waals surface area contributed by atoms with Crippen LogP contribution in [0.5, 0.6) is 5.75 Å². The molecule has 24 heavy (non-hydrogen) atoms. The van der Waals surface area contributed by atoms with Gasteiger partial charge in [0.05, 0.1) is 12.9 Å². The van der Waals surface area contributed by atoms with Crippen molar-refractivity contribution in [1.82, 2.24) is 9.55 Å². The van der Waals surface area contributed by atoms with Gasteiger partial charge in [0.25, 0.3) is 5.91 Å². The monoisotopic (exact) mass is 323 g/mol. The molecule has 2 aromatic carbocycles. The quantitative estimate of drug-likeness (QED) is 0.731. The minimum absolute atomic E-state index is 0.0342. The smallest absolute Gasteiger partial charge is 0.255 e. The van der Waals surface area contributed by atoms with Gasteiger partial charge in [-0.2, -0.15) is 0 Å². The Hall–Kier alpha value is -3.12. The van der Waals surface area contributed by atoms with Gasteiger partial charge < -0.3 is 19.7 Å². The lowest BCUT2D eigenvalue weighted by Gasteiger charge is -2.08. The number of imidazole rings is 1. The Morgan fingerprint density at radius 3 is 2.50 bits per heavy atom. The van der Waals surface area contributed by atoms with Gasteiger partial charge in [0.2, 0.25) is 0 Å². The zero-order chi connectivity index (χ0) is 16.8. The Bertz CT molecular complexity index is 781. The number of aliphatic hydroxyl groups excluding tert-OH is 1. The van der Waals surface area contributed by atoms with Crippen molar-refractivity contribution >= 4 is 11.6 Å². The lowest BCUT2D eigenvalue weighted by molar-refractivity contribution is 0.102. The molecule has 0 saturated carbocycles. The normalized spacial score (nSPS) is 10.4. The summed E-state index contributed by atoms with van der Waals surface area (Å²) >= 11 is 0. The van der Waals surface area contributed by atoms with Gasteiger partial charge in [-0.05, 0) is 48.5 Å². The molecule has 0 aliphatic heterocycles. The molecule has 0 radical (unpaired) electrons. The first-order valence-electron chi connectivity index (χ1n) is 7.50. The van der Waals surface area contributed by atoms with Gasteiger partial charge in [0.15, 0.2) is 0 Å². The van der Waals surface area contributed by atoms with Crippen LogP contribution in [-0.2, 0) is 0 Å². The van der Waals surface area contributed by atoms with Crippen molar-refractivity contribution in [3.05, 3.63) is 72.8 Å². The average Bonchev–Trinajstić information content (AvgIpc) is 3.16. The first kappa shape index (κ1) is 15.8. The van der Waals surface area contributed by atoms with Crippen molar-refractivity contribution < 1.29 is 14.6 Å². The van der Waals surface area contributed by atoms with E-state index in [0.29, 0.717) is 17.0 Å². The van der Waals surface area contributed by atoms with Crippen molar-refractivity contribution in [2.24, 2.45) is 0 Å². The van der Waals surface area contributed by atoms with Gasteiger partial charge in [0, 0.05) is 29.3 Å². The van der Waals surface area contributed by atoms with Crippen LogP contribution in [0, 0.1) is 0 Å². The third-order valence-corrected chi connectivity index (χ3v) is 3.40. The Labute approximate surface area is 139 Å². The predicted octanol–water partition coefficient (Wildman–Crippen LogP) is 2.50. The molecule has 3 aromatic rings. The molecular formula is C18H17N3O3. The number of hydrogen-bond acceptors (Lipinski definition) is 4. The van der Waals surface area contributed by atoms with Crippen LogP contribution >= 0.6 is 0 Å². The number of benzene rings is 2. The Balaban J connectivity index is 1.64. The van der Waals surface area contributed by atoms with E-state index in [9.17, 15) is 4.79 Å². The number of nitrogens with zero attached hydrogens (tertiary/aromatic N) is 2. The summed E-state index contributed by atoms with van der Waals surface area (Å²) in [5, 5.41) is 11.6. The molecule has 3 rings (SSSR count). The van der Waals surface area contributed by atoms with Crippen LogP contribution in [-0.4, -0.2) is 33.8 Å². The molecule has 0 spiro atoms. The van der Waals surface area contributed by atoms with Gasteiger partial charge in [-0.1, -0.05) is 0 Å². The number of nitrogens with one attached hydrogen (secondary N) is 1. The SMILES string of the molecule is O=C(Nc1ccc(OCCO)cc1)c1ccc(-n2ccnc2)cc1. The van der Waals surface area contributed by atoms with Crippen molar-refractivity contribution in [1.29, 1.82) is 0 Å². The van der Waals surface area contributed by atoms with Crippen LogP contribution in [0.1, 0.15) is 10.4 Å². The number of carbonyl (C=O) groups excluding carboxylic acids is 1. The molecule has 1 aromatic heterocycles. The molecule has 6 heteroatoms. The molecule has 0 aliphatic carbocycles. The van der Waals surface area contributed by atoms with E-state index in [2.05, 4.69) is 10.3 Å². The number of carbonyl (C=O) groups is 1. The minimum atomic E-state index is -0.184. The summed E-state index contributed by atoms with van der Waals surface area (Å²) in [5.74, 6) is 0.461. The maximum Gasteiger partial charge on any atom is 0.255 e. The maximum atomic E-state index is 12.3. The number of aliphatic hydroxyl groups is 1. The highest BCUT2D eigenvalue weighted by Crippen LogP contribution is 2.17. The van der Waals surface area contributed by atoms with Crippen molar-refractivity contribution in [3.63, 3.8) is 0 Å². The highest BCUT2D eigenvalue weighted by atomic mass is 16.5. The van der Waals surface area contributed by atoms with E-state index in [4.69, 9.17) is 9.84 Å². The second-order valence-electron chi connectivity index (χ2n) is 5.07. The van der Waals surface area contributed by atoms with Gasteiger partial charge in [0.1, 0.15) is 12.4 Å². The second-order valence-corrected chi connectivity index (χ2v) is 5.07. The predicted molar refractivity (Wildman–Crippen MR) is 90.5 cm³/mol. The van der Waals surface area contributed by atoms with Crippen LogP contribution in [0.15, 0.2) is 67.3 Å². The Morgan fingerprint density at radius 2 is 1.88 bits per heavy atom. The highest BCUT2D eigenvalue weighted by Gasteiger charge is 2.06. The fourth-order valence-electron chi connectivity index (χ4n) is 2.20. The van der Waals surface area contributed by atoms with E-state index >= 15 is 0 Å². The summed E-state index contributed by atoms with van der Waals surface area (Å²) in [5.41, 5.74) is 2.18. The van der Waals surface area contributed by atoms with E-state index in [1.165, 1.54) is 0 Å². The molecule has 0 saturated heterocycles. The Kier molecular flexibility index (Phi) is 4.88. The molecule has 1 heterocycles. The zero-order valence-electron chi connectivity index (χ0n) is 12.9. The third-order valence-electron chi connectivity index (χ3n) is 3.40. The lowest BCUT2D eigenvalue weighted by Crippen LogP contribution is -2.11. The number of aromatic nitrogens is 2. The van der Waals surface area contributed by atoms with Crippen molar-refractivity contribution in [2.45, 2.75) is 0 Å². The molecule has 2 N–H and O–H groups in total. The largest absolute Gasteiger partial charge is 0.491 e. The third kappa shape index (κ3) is 3.80. The van der Waals surface area contributed by atoms with Crippen molar-refractivity contribution in [2.75, 3.05) is 18.5 Å². The standard InChI is InChI=1S/C18H17N3O3/c22-11-12-24-17-7-3-15(4-8-17)20-18(23)14-1-5-16(6-2-14)21-10-9-19-13-21/h1-10,13,22H,11-12H2,(H,20,23). The fourth-order valence-corrected chi connectivity index (χ4v) is 2.20. The van der Waals surface area contributed by atoms with E-state index in [0.717, 1.165) is 5.69 Å². The van der Waals surface area contributed by atoms with Gasteiger partial charge >= 0.3 is 0 Å². The second kappa shape index (κ2) is 7.43. The number of hydrogen-bond donors (Lipinski definition) is 2. The summed E-state index contributed by atoms with van der Waals surface area (Å²) in [7, 11) is 0. The summed E-state index contributed by atoms with van der Waals surface area (Å²) < 4.78 is 7.15. The first-order chi connectivity index (χ1) is 11.8. The Morgan fingerprint density at radius 1 is 1.12 bits per heavy atom. The molecule has 122 valence electrons. The molecule has 1 amide bonds. The van der Waals surface area contributed by atoms with E-state index in [1.54, 1.807) is 48.9 Å². The van der Waals surface area contributed by atoms with Crippen LogP contribution in [0.2, 0.25) is 0 Å². The van der Waals surface area contributed by atoms with Gasteiger partial charge in [-0.15, -0.1) is 0 Å². The van der Waals surface area contributed by atoms with Gasteiger partial charge in [-0.25, -0.2) is 4.98 Å². The fraction of sp³-hybridized carbons (Fsp3) is 0.111. The molecule has 0 aliphatic rings. The summed E-state index contributed by atoms with van der Waals surface area (Å²) in [6.45, 7) is 0.211. The number of amides is 1. The summed E-state index contributed by atoms with van der Waals surface area (Å²) in [4.78, 5) is 16.3. The van der Waals surface area contributed by atoms with E-state index in [1.807, 2.05) is 22.9 Å². The highest BCUT2D eigenvalue weighted by molar-refractivity contribution is 6.04. The van der Waals surface area contributed by atoms with Crippen LogP contribution < -0.4 is 10.1 Å². The maximum absolute atomic E-state index is 12.3. The van der Waals surface area contributed by atoms with E-state index in [-0.39, 0.29) is 19.1 Å². The molecule has 0 atom stereocenters. The van der Waals surface area contributed by atoms with Crippen LogP contribution in [0.3, 0.4) is 0 Å². The first-order valence-corrected chi connectivity index (χ1v) is 7.50. The zero-order valence-corrected chi connectivity index (χ0v) is 12.9. The number of anilines is 1. The van der Waals surface area contributed by atoms with Crippen LogP contribution in [0.4, 0.5) is 5.69 Å². The molecule has 6 nitrogen and oxygen atoms in total. The number of ether oxygens (including phenoxy) is 1. The summed E-state index contributed by atoms with van der Waals surface area (Å²) in [6.07, 6.45) is 5.25. The summed E-state index contributed by atoms with van der Waals surface area (Å²) in [6, 6.07) is 14.3. The number of rotatable bonds is 6. The van der Waals surface area contributed by atoms with Gasteiger partial charge in [-0.3, -0.25) is 4.79 Å². The topological polar surface area (TPSA) is 76.4 Å². The molecule has 0 fully saturated rings. The minimum Gasteiger partial charge on any atom is -0.491 e. The lowest BCUT2D eigenvalue weighted by atomic mass is 10.2. The molecule has 0 unspecified atom stereocenters. The van der Waals surface area contributed by atoms with Crippen molar-refractivity contribution in [3.8, 4) is 11.4 Å². The van der Waals surface area contributed by atoms with E-state index < -0.39 is 0 Å². The molecule has 0 bridgehead atoms.